The standard InChI is InChI=1S/C11H7Cl2NO3/c1-5-9(11(15)16)10(14-17-5)7-4-6(12)2-3-8(7)13/h2-4H,1H3,(H,15,16). The van der Waals surface area contributed by atoms with Crippen molar-refractivity contribution in [2.45, 2.75) is 6.92 Å². The number of nitrogens with zero attached hydrogens (tertiary/aromatic N) is 1. The third kappa shape index (κ3) is 2.14. The molecule has 0 aliphatic heterocycles. The van der Waals surface area contributed by atoms with Crippen LogP contribution in [0.15, 0.2) is 22.7 Å². The summed E-state index contributed by atoms with van der Waals surface area (Å²) in [5.74, 6) is -0.890. The van der Waals surface area contributed by atoms with Crippen LogP contribution in [0.1, 0.15) is 16.1 Å². The minimum Gasteiger partial charge on any atom is -0.477 e. The maximum Gasteiger partial charge on any atom is 0.341 e. The van der Waals surface area contributed by atoms with Crippen LogP contribution in [0.2, 0.25) is 10.0 Å². The van der Waals surface area contributed by atoms with Crippen molar-refractivity contribution in [1.29, 1.82) is 0 Å². The number of benzene rings is 1. The van der Waals surface area contributed by atoms with Crippen LogP contribution in [0, 0.1) is 6.92 Å². The highest BCUT2D eigenvalue weighted by molar-refractivity contribution is 6.35. The summed E-state index contributed by atoms with van der Waals surface area (Å²) in [4.78, 5) is 11.1. The number of halogens is 2. The molecule has 0 bridgehead atoms. The Morgan fingerprint density at radius 1 is 1.41 bits per heavy atom. The quantitative estimate of drug-likeness (QED) is 0.906. The second-order valence-electron chi connectivity index (χ2n) is 3.39. The fourth-order valence-electron chi connectivity index (χ4n) is 1.49. The topological polar surface area (TPSA) is 63.3 Å². The Kier molecular flexibility index (Phi) is 3.09. The molecule has 0 amide bonds. The molecule has 0 atom stereocenters. The van der Waals surface area contributed by atoms with E-state index in [1.54, 1.807) is 18.2 Å². The van der Waals surface area contributed by atoms with Crippen molar-refractivity contribution < 1.29 is 14.4 Å². The summed E-state index contributed by atoms with van der Waals surface area (Å²) in [5.41, 5.74) is 0.616. The number of aryl methyl sites for hydroxylation is 1. The van der Waals surface area contributed by atoms with E-state index in [9.17, 15) is 4.79 Å². The minimum absolute atomic E-state index is 0.00540. The predicted octanol–water partition coefficient (Wildman–Crippen LogP) is 3.66. The zero-order valence-corrected chi connectivity index (χ0v) is 10.2. The van der Waals surface area contributed by atoms with Crippen LogP contribution in [0.25, 0.3) is 11.3 Å². The molecular weight excluding hydrogens is 265 g/mol. The number of aromatic carboxylic acids is 1. The van der Waals surface area contributed by atoms with Gasteiger partial charge in [-0.3, -0.25) is 0 Å². The first-order chi connectivity index (χ1) is 8.00. The maximum atomic E-state index is 11.1. The Morgan fingerprint density at radius 2 is 2.12 bits per heavy atom. The highest BCUT2D eigenvalue weighted by atomic mass is 35.5. The molecule has 0 unspecified atom stereocenters. The van der Waals surface area contributed by atoms with Crippen LogP contribution in [-0.4, -0.2) is 16.2 Å². The van der Waals surface area contributed by atoms with Gasteiger partial charge in [0.15, 0.2) is 0 Å². The fourth-order valence-corrected chi connectivity index (χ4v) is 1.87. The summed E-state index contributed by atoms with van der Waals surface area (Å²) < 4.78 is 4.87. The van der Waals surface area contributed by atoms with Crippen molar-refractivity contribution in [2.75, 3.05) is 0 Å². The SMILES string of the molecule is Cc1onc(-c2cc(Cl)ccc2Cl)c1C(=O)O. The molecule has 0 saturated carbocycles. The Balaban J connectivity index is 2.68. The minimum atomic E-state index is -1.12. The van der Waals surface area contributed by atoms with Crippen molar-refractivity contribution in [1.82, 2.24) is 5.16 Å². The van der Waals surface area contributed by atoms with Crippen molar-refractivity contribution in [2.24, 2.45) is 0 Å². The molecular formula is C11H7Cl2NO3. The van der Waals surface area contributed by atoms with Gasteiger partial charge in [0.2, 0.25) is 0 Å². The molecule has 0 saturated heterocycles. The summed E-state index contributed by atoms with van der Waals surface area (Å²) in [6, 6.07) is 4.74. The van der Waals surface area contributed by atoms with Crippen LogP contribution in [-0.2, 0) is 0 Å². The average molecular weight is 272 g/mol. The van der Waals surface area contributed by atoms with E-state index < -0.39 is 5.97 Å². The normalized spacial score (nSPS) is 10.5. The lowest BCUT2D eigenvalue weighted by molar-refractivity contribution is 0.0696. The molecule has 2 rings (SSSR count). The Bertz CT molecular complexity index is 592. The first-order valence-corrected chi connectivity index (χ1v) is 5.41. The molecule has 88 valence electrons. The highest BCUT2D eigenvalue weighted by Gasteiger charge is 2.22. The molecule has 0 radical (unpaired) electrons. The zero-order valence-electron chi connectivity index (χ0n) is 8.70. The molecule has 1 aromatic carbocycles. The summed E-state index contributed by atoms with van der Waals surface area (Å²) in [7, 11) is 0. The lowest BCUT2D eigenvalue weighted by Gasteiger charge is -2.02. The number of hydrogen-bond donors (Lipinski definition) is 1. The van der Waals surface area contributed by atoms with Crippen molar-refractivity contribution in [3.05, 3.63) is 39.6 Å². The Morgan fingerprint density at radius 3 is 2.76 bits per heavy atom. The third-order valence-electron chi connectivity index (χ3n) is 2.26. The summed E-state index contributed by atoms with van der Waals surface area (Å²) >= 11 is 11.8. The lowest BCUT2D eigenvalue weighted by atomic mass is 10.1. The molecule has 1 heterocycles. The van der Waals surface area contributed by atoms with Crippen molar-refractivity contribution in [3.63, 3.8) is 0 Å². The molecule has 0 fully saturated rings. The maximum absolute atomic E-state index is 11.1. The molecule has 2 aromatic rings. The molecule has 0 aliphatic carbocycles. The van der Waals surface area contributed by atoms with Crippen LogP contribution in [0.4, 0.5) is 0 Å². The van der Waals surface area contributed by atoms with Gasteiger partial charge in [0, 0.05) is 10.6 Å². The third-order valence-corrected chi connectivity index (χ3v) is 2.82. The summed E-state index contributed by atoms with van der Waals surface area (Å²) in [6.07, 6.45) is 0. The van der Waals surface area contributed by atoms with Crippen LogP contribution in [0.5, 0.6) is 0 Å². The van der Waals surface area contributed by atoms with Gasteiger partial charge >= 0.3 is 5.97 Å². The van der Waals surface area contributed by atoms with Gasteiger partial charge < -0.3 is 9.63 Å². The molecule has 0 spiro atoms. The molecule has 4 nitrogen and oxygen atoms in total. The van der Waals surface area contributed by atoms with Crippen LogP contribution >= 0.6 is 23.2 Å². The number of hydrogen-bond acceptors (Lipinski definition) is 3. The van der Waals surface area contributed by atoms with Gasteiger partial charge in [0.1, 0.15) is 17.0 Å². The number of aromatic nitrogens is 1. The van der Waals surface area contributed by atoms with Gasteiger partial charge in [-0.15, -0.1) is 0 Å². The number of carboxylic acids is 1. The van der Waals surface area contributed by atoms with E-state index in [0.717, 1.165) is 0 Å². The van der Waals surface area contributed by atoms with E-state index in [2.05, 4.69) is 5.16 Å². The van der Waals surface area contributed by atoms with E-state index in [1.807, 2.05) is 0 Å². The first kappa shape index (κ1) is 12.0. The van der Waals surface area contributed by atoms with E-state index in [1.165, 1.54) is 6.92 Å². The number of carbonyl (C=O) groups is 1. The van der Waals surface area contributed by atoms with E-state index in [-0.39, 0.29) is 17.0 Å². The van der Waals surface area contributed by atoms with Gasteiger partial charge in [0.25, 0.3) is 0 Å². The molecule has 6 heteroatoms. The predicted molar refractivity (Wildman–Crippen MR) is 63.7 cm³/mol. The number of carboxylic acid groups (broad SMARTS) is 1. The zero-order chi connectivity index (χ0) is 12.6. The highest BCUT2D eigenvalue weighted by Crippen LogP contribution is 2.33. The summed E-state index contributed by atoms with van der Waals surface area (Å²) in [6.45, 7) is 1.53. The van der Waals surface area contributed by atoms with Crippen LogP contribution in [0.3, 0.4) is 0 Å². The monoisotopic (exact) mass is 271 g/mol. The Hall–Kier alpha value is -1.52. The Labute approximate surface area is 107 Å². The van der Waals surface area contributed by atoms with Crippen molar-refractivity contribution in [3.8, 4) is 11.3 Å². The smallest absolute Gasteiger partial charge is 0.341 e. The summed E-state index contributed by atoms with van der Waals surface area (Å²) in [5, 5.41) is 13.6. The molecule has 0 aliphatic rings. The van der Waals surface area contributed by atoms with Gasteiger partial charge in [-0.1, -0.05) is 28.4 Å². The largest absolute Gasteiger partial charge is 0.477 e. The van der Waals surface area contributed by atoms with Crippen LogP contribution < -0.4 is 0 Å². The molecule has 1 aromatic heterocycles. The lowest BCUT2D eigenvalue weighted by Crippen LogP contribution is -1.99. The number of rotatable bonds is 2. The van der Waals surface area contributed by atoms with E-state index in [0.29, 0.717) is 15.6 Å². The second kappa shape index (κ2) is 4.39. The van der Waals surface area contributed by atoms with Crippen molar-refractivity contribution >= 4 is 29.2 Å². The molecule has 17 heavy (non-hydrogen) atoms. The molecule has 1 N–H and O–H groups in total. The van der Waals surface area contributed by atoms with Gasteiger partial charge in [0.05, 0.1) is 5.02 Å². The van der Waals surface area contributed by atoms with Gasteiger partial charge in [-0.05, 0) is 25.1 Å². The second-order valence-corrected chi connectivity index (χ2v) is 4.24. The van der Waals surface area contributed by atoms with E-state index >= 15 is 0 Å². The van der Waals surface area contributed by atoms with Gasteiger partial charge in [-0.25, -0.2) is 4.79 Å². The first-order valence-electron chi connectivity index (χ1n) is 4.65. The average Bonchev–Trinajstić information content (AvgIpc) is 2.64. The van der Waals surface area contributed by atoms with E-state index in [4.69, 9.17) is 32.8 Å². The van der Waals surface area contributed by atoms with Gasteiger partial charge in [-0.2, -0.15) is 0 Å². The fraction of sp³-hybridized carbons (Fsp3) is 0.0909.